The zero-order chi connectivity index (χ0) is 32.3. The van der Waals surface area contributed by atoms with Crippen LogP contribution in [0.25, 0.3) is 55.6 Å². The number of H-pyrrole nitrogens is 2. The van der Waals surface area contributed by atoms with Gasteiger partial charge in [-0.3, -0.25) is 15.1 Å². The lowest BCUT2D eigenvalue weighted by Gasteiger charge is -2.13. The van der Waals surface area contributed by atoms with Crippen LogP contribution in [0.5, 0.6) is 0 Å². The number of hydrogen-bond acceptors (Lipinski definition) is 6. The average molecular weight is 623 g/mol. The monoisotopic (exact) mass is 622 g/mol. The minimum absolute atomic E-state index is 0.282. The van der Waals surface area contributed by atoms with Gasteiger partial charge in [-0.2, -0.15) is 5.10 Å². The predicted octanol–water partition coefficient (Wildman–Crippen LogP) is 8.12. The van der Waals surface area contributed by atoms with Gasteiger partial charge in [0.25, 0.3) is 0 Å². The molecule has 0 unspecified atom stereocenters. The minimum atomic E-state index is -0.282. The normalized spacial score (nSPS) is 11.4. The highest BCUT2D eigenvalue weighted by molar-refractivity contribution is 6.01. The summed E-state index contributed by atoms with van der Waals surface area (Å²) in [6, 6.07) is 27.5. The lowest BCUT2D eigenvalue weighted by atomic mass is 10.0. The van der Waals surface area contributed by atoms with Crippen molar-refractivity contribution in [2.75, 3.05) is 37.8 Å². The SMILES string of the molecule is C=C(Cc1ccccc1)Nc1cncc(-c2cc3c(-c4cc5c(-c6cc(F)cc(NCCN(C)C)c6)cccc5[nH]4)n[nH]c3cn2)c1. The Labute approximate surface area is 272 Å². The molecule has 47 heavy (non-hydrogen) atoms. The Hall–Kier alpha value is -5.80. The number of halogens is 1. The molecule has 0 bridgehead atoms. The molecule has 4 N–H and O–H groups in total. The van der Waals surface area contributed by atoms with E-state index in [0.29, 0.717) is 6.42 Å². The second kappa shape index (κ2) is 12.9. The molecule has 0 atom stereocenters. The molecule has 4 aromatic heterocycles. The maximum Gasteiger partial charge on any atom is 0.125 e. The number of pyridine rings is 2. The molecular formula is C38H35FN8. The number of likely N-dealkylation sites (N-methyl/N-ethyl adjacent to an activating group) is 1. The Kier molecular flexibility index (Phi) is 8.20. The van der Waals surface area contributed by atoms with Gasteiger partial charge in [-0.15, -0.1) is 0 Å². The predicted molar refractivity (Wildman–Crippen MR) is 190 cm³/mol. The molecule has 0 aliphatic heterocycles. The van der Waals surface area contributed by atoms with E-state index in [1.807, 2.05) is 68.7 Å². The van der Waals surface area contributed by atoms with Crippen LogP contribution in [0.3, 0.4) is 0 Å². The van der Waals surface area contributed by atoms with Crippen molar-refractivity contribution < 1.29 is 4.39 Å². The first-order valence-electron chi connectivity index (χ1n) is 15.5. The van der Waals surface area contributed by atoms with E-state index in [9.17, 15) is 4.39 Å². The number of nitrogens with zero attached hydrogens (tertiary/aromatic N) is 4. The second-order valence-electron chi connectivity index (χ2n) is 11.9. The smallest absolute Gasteiger partial charge is 0.125 e. The molecule has 0 radical (unpaired) electrons. The van der Waals surface area contributed by atoms with Crippen LogP contribution in [0.15, 0.2) is 116 Å². The van der Waals surface area contributed by atoms with Gasteiger partial charge in [0.15, 0.2) is 0 Å². The number of aromatic nitrogens is 5. The van der Waals surface area contributed by atoms with Crippen molar-refractivity contribution in [3.05, 3.63) is 127 Å². The standard InChI is InChI=1S/C38H35FN8/c1-24(14-25-8-5-4-6-9-25)43-30-17-27(21-40-22-30)35-20-33-37(23-42-35)45-46-38(33)36-19-32-31(10-7-11-34(32)44-36)26-15-28(39)18-29(16-26)41-12-13-47(2)3/h4-11,15-23,41,43-44H,1,12-14H2,2-3H3,(H,45,46). The average Bonchev–Trinajstić information content (AvgIpc) is 3.69. The lowest BCUT2D eigenvalue weighted by molar-refractivity contribution is 0.425. The van der Waals surface area contributed by atoms with E-state index in [2.05, 4.69) is 60.5 Å². The first-order valence-corrected chi connectivity index (χ1v) is 15.5. The van der Waals surface area contributed by atoms with Crippen LogP contribution in [0, 0.1) is 5.82 Å². The first kappa shape index (κ1) is 29.9. The van der Waals surface area contributed by atoms with Gasteiger partial charge < -0.3 is 20.5 Å². The second-order valence-corrected chi connectivity index (χ2v) is 11.9. The maximum absolute atomic E-state index is 14.8. The van der Waals surface area contributed by atoms with Crippen molar-refractivity contribution >= 4 is 33.2 Å². The van der Waals surface area contributed by atoms with E-state index >= 15 is 0 Å². The highest BCUT2D eigenvalue weighted by Crippen LogP contribution is 2.36. The van der Waals surface area contributed by atoms with E-state index < -0.39 is 0 Å². The Morgan fingerprint density at radius 2 is 1.70 bits per heavy atom. The summed E-state index contributed by atoms with van der Waals surface area (Å²) in [4.78, 5) is 14.8. The largest absolute Gasteiger partial charge is 0.384 e. The van der Waals surface area contributed by atoms with Crippen LogP contribution >= 0.6 is 0 Å². The minimum Gasteiger partial charge on any atom is -0.384 e. The van der Waals surface area contributed by atoms with Gasteiger partial charge in [-0.05, 0) is 73.3 Å². The van der Waals surface area contributed by atoms with Gasteiger partial charge in [-0.1, -0.05) is 49.0 Å². The zero-order valence-corrected chi connectivity index (χ0v) is 26.3. The number of hydrogen-bond donors (Lipinski definition) is 4. The maximum atomic E-state index is 14.8. The van der Waals surface area contributed by atoms with Crippen LogP contribution in [0.1, 0.15) is 5.56 Å². The van der Waals surface area contributed by atoms with Crippen molar-refractivity contribution in [3.63, 3.8) is 0 Å². The molecule has 8 nitrogen and oxygen atoms in total. The summed E-state index contributed by atoms with van der Waals surface area (Å²) in [5.41, 5.74) is 10.4. The summed E-state index contributed by atoms with van der Waals surface area (Å²) in [7, 11) is 4.03. The van der Waals surface area contributed by atoms with E-state index in [1.54, 1.807) is 24.7 Å². The molecule has 7 aromatic rings. The highest BCUT2D eigenvalue weighted by atomic mass is 19.1. The molecule has 0 saturated heterocycles. The molecule has 4 heterocycles. The quantitative estimate of drug-likeness (QED) is 0.116. The van der Waals surface area contributed by atoms with Gasteiger partial charge in [0.2, 0.25) is 0 Å². The number of aromatic amines is 2. The molecule has 0 amide bonds. The van der Waals surface area contributed by atoms with Crippen LogP contribution in [0.4, 0.5) is 15.8 Å². The zero-order valence-electron chi connectivity index (χ0n) is 26.3. The third-order valence-corrected chi connectivity index (χ3v) is 8.08. The molecule has 234 valence electrons. The topological polar surface area (TPSA) is 97.5 Å². The van der Waals surface area contributed by atoms with Gasteiger partial charge >= 0.3 is 0 Å². The van der Waals surface area contributed by atoms with Crippen molar-refractivity contribution in [1.29, 1.82) is 0 Å². The number of allylic oxidation sites excluding steroid dienone is 1. The van der Waals surface area contributed by atoms with E-state index in [0.717, 1.165) is 85.7 Å². The fourth-order valence-corrected chi connectivity index (χ4v) is 5.82. The van der Waals surface area contributed by atoms with Crippen molar-refractivity contribution in [1.82, 2.24) is 30.0 Å². The number of rotatable bonds is 11. The van der Waals surface area contributed by atoms with Crippen molar-refractivity contribution in [2.24, 2.45) is 0 Å². The van der Waals surface area contributed by atoms with Crippen LogP contribution in [-0.2, 0) is 6.42 Å². The summed E-state index contributed by atoms with van der Waals surface area (Å²) >= 11 is 0. The molecule has 9 heteroatoms. The molecule has 7 rings (SSSR count). The number of nitrogens with one attached hydrogen (secondary N) is 4. The van der Waals surface area contributed by atoms with Gasteiger partial charge in [-0.25, -0.2) is 4.39 Å². The fourth-order valence-electron chi connectivity index (χ4n) is 5.82. The molecule has 0 saturated carbocycles. The third-order valence-electron chi connectivity index (χ3n) is 8.08. The van der Waals surface area contributed by atoms with E-state index in [-0.39, 0.29) is 5.82 Å². The fraction of sp³-hybridized carbons (Fsp3) is 0.132. The van der Waals surface area contributed by atoms with E-state index in [4.69, 9.17) is 4.98 Å². The Morgan fingerprint density at radius 1 is 0.851 bits per heavy atom. The summed E-state index contributed by atoms with van der Waals surface area (Å²) in [6.07, 6.45) is 6.09. The summed E-state index contributed by atoms with van der Waals surface area (Å²) in [6.45, 7) is 5.77. The lowest BCUT2D eigenvalue weighted by Crippen LogP contribution is -2.20. The summed E-state index contributed by atoms with van der Waals surface area (Å²) in [5.74, 6) is -0.282. The Balaban J connectivity index is 1.18. The summed E-state index contributed by atoms with van der Waals surface area (Å²) in [5, 5.41) is 16.4. The number of benzene rings is 3. The van der Waals surface area contributed by atoms with Crippen molar-refractivity contribution in [2.45, 2.75) is 6.42 Å². The Morgan fingerprint density at radius 3 is 2.55 bits per heavy atom. The molecular weight excluding hydrogens is 587 g/mol. The number of anilines is 2. The van der Waals surface area contributed by atoms with Gasteiger partial charge in [0.05, 0.1) is 35.0 Å². The summed E-state index contributed by atoms with van der Waals surface area (Å²) < 4.78 is 14.8. The molecule has 0 aliphatic carbocycles. The Bertz CT molecular complexity index is 2200. The van der Waals surface area contributed by atoms with Gasteiger partial charge in [0.1, 0.15) is 11.5 Å². The molecule has 3 aromatic carbocycles. The van der Waals surface area contributed by atoms with Crippen molar-refractivity contribution in [3.8, 4) is 33.8 Å². The van der Waals surface area contributed by atoms with E-state index in [1.165, 1.54) is 11.6 Å². The molecule has 0 fully saturated rings. The number of fused-ring (bicyclic) bond motifs is 2. The highest BCUT2D eigenvalue weighted by Gasteiger charge is 2.16. The molecule has 0 spiro atoms. The van der Waals surface area contributed by atoms with Crippen LogP contribution in [0.2, 0.25) is 0 Å². The van der Waals surface area contributed by atoms with Gasteiger partial charge in [0, 0.05) is 58.9 Å². The van der Waals surface area contributed by atoms with Crippen LogP contribution < -0.4 is 10.6 Å². The third kappa shape index (κ3) is 6.61. The van der Waals surface area contributed by atoms with Crippen LogP contribution in [-0.4, -0.2) is 57.2 Å². The first-order chi connectivity index (χ1) is 22.9. The molecule has 0 aliphatic rings.